The molecule has 1 amide bonds. The summed E-state index contributed by atoms with van der Waals surface area (Å²) in [6, 6.07) is 12.1. The largest absolute Gasteiger partial charge is 0.493 e. The van der Waals surface area contributed by atoms with Gasteiger partial charge in [0, 0.05) is 31.7 Å². The molecule has 1 heterocycles. The van der Waals surface area contributed by atoms with Crippen LogP contribution in [0.2, 0.25) is 0 Å². The Morgan fingerprint density at radius 3 is 2.52 bits per heavy atom. The molecule has 180 valence electrons. The van der Waals surface area contributed by atoms with Gasteiger partial charge in [0.2, 0.25) is 5.91 Å². The normalized spacial score (nSPS) is 13.2. The Morgan fingerprint density at radius 1 is 1.15 bits per heavy atom. The third-order valence-electron chi connectivity index (χ3n) is 5.73. The zero-order chi connectivity index (χ0) is 23.1. The second-order valence-corrected chi connectivity index (χ2v) is 8.32. The summed E-state index contributed by atoms with van der Waals surface area (Å²) in [5.74, 6) is 2.37. The number of benzene rings is 2. The van der Waals surface area contributed by atoms with Gasteiger partial charge in [-0.15, -0.1) is 24.0 Å². The van der Waals surface area contributed by atoms with E-state index in [1.165, 1.54) is 11.1 Å². The summed E-state index contributed by atoms with van der Waals surface area (Å²) >= 11 is 0. The van der Waals surface area contributed by atoms with Crippen LogP contribution >= 0.6 is 24.0 Å². The van der Waals surface area contributed by atoms with Crippen LogP contribution in [0.5, 0.6) is 11.5 Å². The van der Waals surface area contributed by atoms with E-state index in [9.17, 15) is 4.79 Å². The number of aliphatic imine (C=N–C) groups is 1. The number of nitrogens with one attached hydrogen (secondary N) is 1. The molecule has 0 aliphatic carbocycles. The van der Waals surface area contributed by atoms with Crippen LogP contribution in [-0.4, -0.2) is 44.1 Å². The van der Waals surface area contributed by atoms with Crippen molar-refractivity contribution in [3.63, 3.8) is 0 Å². The Kier molecular flexibility index (Phi) is 10.3. The van der Waals surface area contributed by atoms with Crippen LogP contribution in [0.1, 0.15) is 49.3 Å². The molecule has 0 aromatic heterocycles. The zero-order valence-electron chi connectivity index (χ0n) is 19.9. The van der Waals surface area contributed by atoms with Crippen LogP contribution in [0.4, 0.5) is 5.69 Å². The van der Waals surface area contributed by atoms with Gasteiger partial charge >= 0.3 is 0 Å². The number of nitrogens with two attached hydrogens (primary N) is 1. The van der Waals surface area contributed by atoms with Crippen molar-refractivity contribution in [2.75, 3.05) is 32.6 Å². The number of carbonyl (C=O) groups excluding carboxylic acids is 1. The highest BCUT2D eigenvalue weighted by Crippen LogP contribution is 2.33. The second-order valence-electron chi connectivity index (χ2n) is 8.32. The van der Waals surface area contributed by atoms with Crippen molar-refractivity contribution in [2.45, 2.75) is 45.6 Å². The van der Waals surface area contributed by atoms with Crippen molar-refractivity contribution >= 4 is 41.5 Å². The van der Waals surface area contributed by atoms with Crippen molar-refractivity contribution in [1.82, 2.24) is 4.90 Å². The lowest BCUT2D eigenvalue weighted by Crippen LogP contribution is -2.36. The quantitative estimate of drug-likeness (QED) is 0.212. The van der Waals surface area contributed by atoms with Gasteiger partial charge in [-0.2, -0.15) is 0 Å². The molecule has 0 spiro atoms. The Balaban J connectivity index is 0.00000385. The number of anilines is 1. The van der Waals surface area contributed by atoms with Crippen molar-refractivity contribution < 1.29 is 14.3 Å². The van der Waals surface area contributed by atoms with E-state index in [4.69, 9.17) is 15.2 Å². The molecule has 2 aromatic rings. The molecule has 0 bridgehead atoms. The first-order valence-corrected chi connectivity index (χ1v) is 11.1. The molecule has 0 radical (unpaired) electrons. The molecular formula is C25H35IN4O3. The number of methoxy groups -OCH3 is 2. The highest BCUT2D eigenvalue weighted by Gasteiger charge is 2.22. The fourth-order valence-corrected chi connectivity index (χ4v) is 3.85. The van der Waals surface area contributed by atoms with Crippen LogP contribution < -0.4 is 20.5 Å². The first kappa shape index (κ1) is 26.8. The van der Waals surface area contributed by atoms with Crippen molar-refractivity contribution in [3.8, 4) is 11.5 Å². The highest BCUT2D eigenvalue weighted by molar-refractivity contribution is 14.0. The summed E-state index contributed by atoms with van der Waals surface area (Å²) < 4.78 is 10.8. The molecule has 8 heteroatoms. The minimum Gasteiger partial charge on any atom is -0.493 e. The minimum atomic E-state index is 0. The maximum absolute atomic E-state index is 12.7. The lowest BCUT2D eigenvalue weighted by atomic mass is 9.98. The number of nitrogens with zero attached hydrogens (tertiary/aromatic N) is 2. The molecule has 0 saturated carbocycles. The molecule has 1 aliphatic rings. The standard InChI is InChI=1S/C25H34N4O3.HI/c1-17(2)18-7-5-8-21(13-18)28-25(26)27-11-6-9-24(30)29-12-10-19-14-22(31-3)23(32-4)15-20(19)16-29;/h5,7-8,13-15,17H,6,9-12,16H2,1-4H3,(H3,26,27,28);1H. The van der Waals surface area contributed by atoms with Gasteiger partial charge in [0.05, 0.1) is 14.2 Å². The van der Waals surface area contributed by atoms with Gasteiger partial charge in [0.15, 0.2) is 17.5 Å². The van der Waals surface area contributed by atoms with Crippen LogP contribution in [0.15, 0.2) is 41.4 Å². The molecule has 0 fully saturated rings. The molecular weight excluding hydrogens is 531 g/mol. The zero-order valence-corrected chi connectivity index (χ0v) is 22.2. The third kappa shape index (κ3) is 7.25. The van der Waals surface area contributed by atoms with Crippen molar-refractivity contribution in [2.24, 2.45) is 10.7 Å². The Morgan fingerprint density at radius 2 is 1.85 bits per heavy atom. The molecule has 1 aliphatic heterocycles. The molecule has 3 N–H and O–H groups in total. The Bertz CT molecular complexity index is 978. The number of guanidine groups is 1. The number of ether oxygens (including phenoxy) is 2. The van der Waals surface area contributed by atoms with Crippen LogP contribution in [0, 0.1) is 0 Å². The second kappa shape index (κ2) is 12.7. The highest BCUT2D eigenvalue weighted by atomic mass is 127. The monoisotopic (exact) mass is 566 g/mol. The molecule has 33 heavy (non-hydrogen) atoms. The number of carbonyl (C=O) groups is 1. The van der Waals surface area contributed by atoms with Gasteiger partial charge < -0.3 is 25.4 Å². The summed E-state index contributed by atoms with van der Waals surface area (Å²) in [6.07, 6.45) is 1.91. The molecule has 0 saturated heterocycles. The lowest BCUT2D eigenvalue weighted by molar-refractivity contribution is -0.132. The van der Waals surface area contributed by atoms with Gasteiger partial charge in [-0.1, -0.05) is 26.0 Å². The molecule has 7 nitrogen and oxygen atoms in total. The van der Waals surface area contributed by atoms with Gasteiger partial charge in [0.1, 0.15) is 0 Å². The van der Waals surface area contributed by atoms with Gasteiger partial charge in [-0.25, -0.2) is 0 Å². The first-order chi connectivity index (χ1) is 15.4. The van der Waals surface area contributed by atoms with Gasteiger partial charge in [0.25, 0.3) is 0 Å². The topological polar surface area (TPSA) is 89.2 Å². The maximum Gasteiger partial charge on any atom is 0.222 e. The Labute approximate surface area is 213 Å². The number of amides is 1. The number of halogens is 1. The number of rotatable bonds is 8. The minimum absolute atomic E-state index is 0. The van der Waals surface area contributed by atoms with Gasteiger partial charge in [-0.3, -0.25) is 9.79 Å². The number of hydrogen-bond acceptors (Lipinski definition) is 4. The van der Waals surface area contributed by atoms with E-state index < -0.39 is 0 Å². The molecule has 0 unspecified atom stereocenters. The number of fused-ring (bicyclic) bond motifs is 1. The lowest BCUT2D eigenvalue weighted by Gasteiger charge is -2.29. The van der Waals surface area contributed by atoms with E-state index in [0.717, 1.165) is 23.4 Å². The van der Waals surface area contributed by atoms with Crippen LogP contribution in [-0.2, 0) is 17.8 Å². The third-order valence-corrected chi connectivity index (χ3v) is 5.73. The first-order valence-electron chi connectivity index (χ1n) is 11.1. The van der Waals surface area contributed by atoms with Crippen LogP contribution in [0.3, 0.4) is 0 Å². The van der Waals surface area contributed by atoms with Crippen LogP contribution in [0.25, 0.3) is 0 Å². The molecule has 0 atom stereocenters. The summed E-state index contributed by atoms with van der Waals surface area (Å²) in [7, 11) is 3.26. The number of hydrogen-bond donors (Lipinski definition) is 2. The predicted molar refractivity (Wildman–Crippen MR) is 144 cm³/mol. The van der Waals surface area contributed by atoms with Crippen molar-refractivity contribution in [1.29, 1.82) is 0 Å². The Hall–Kier alpha value is -2.49. The average Bonchev–Trinajstić information content (AvgIpc) is 2.80. The van der Waals surface area contributed by atoms with E-state index in [1.807, 2.05) is 29.2 Å². The smallest absolute Gasteiger partial charge is 0.222 e. The van der Waals surface area contributed by atoms with E-state index in [0.29, 0.717) is 50.1 Å². The fourth-order valence-electron chi connectivity index (χ4n) is 3.85. The van der Waals surface area contributed by atoms with Crippen molar-refractivity contribution in [3.05, 3.63) is 53.1 Å². The van der Waals surface area contributed by atoms with Gasteiger partial charge in [-0.05, 0) is 59.7 Å². The molecule has 2 aromatic carbocycles. The van der Waals surface area contributed by atoms with E-state index in [2.05, 4.69) is 36.3 Å². The summed E-state index contributed by atoms with van der Waals surface area (Å²) in [6.45, 7) is 6.11. The average molecular weight is 566 g/mol. The SMILES string of the molecule is COc1cc2c(cc1OC)CN(C(=O)CCCN=C(N)Nc1cccc(C(C)C)c1)CC2.I. The summed E-state index contributed by atoms with van der Waals surface area (Å²) in [4.78, 5) is 19.0. The summed E-state index contributed by atoms with van der Waals surface area (Å²) in [5.41, 5.74) is 10.5. The van der Waals surface area contributed by atoms with E-state index in [1.54, 1.807) is 14.2 Å². The van der Waals surface area contributed by atoms with E-state index >= 15 is 0 Å². The van der Waals surface area contributed by atoms with E-state index in [-0.39, 0.29) is 29.9 Å². The molecule has 3 rings (SSSR count). The predicted octanol–water partition coefficient (Wildman–Crippen LogP) is 4.54. The summed E-state index contributed by atoms with van der Waals surface area (Å²) in [5, 5.41) is 3.13. The maximum atomic E-state index is 12.7. The fraction of sp³-hybridized carbons (Fsp3) is 0.440.